The lowest BCUT2D eigenvalue weighted by Gasteiger charge is -2.29. The number of methoxy groups -OCH3 is 1. The highest BCUT2D eigenvalue weighted by molar-refractivity contribution is 6.30. The van der Waals surface area contributed by atoms with Gasteiger partial charge in [0, 0.05) is 49.6 Å². The van der Waals surface area contributed by atoms with E-state index in [1.165, 1.54) is 22.5 Å². The molecule has 1 heterocycles. The second-order valence-electron chi connectivity index (χ2n) is 7.80. The average molecular weight is 385 g/mol. The van der Waals surface area contributed by atoms with Gasteiger partial charge in [-0.3, -0.25) is 0 Å². The van der Waals surface area contributed by atoms with Crippen LogP contribution in [0.15, 0.2) is 48.5 Å². The lowest BCUT2D eigenvalue weighted by Crippen LogP contribution is -2.37. The van der Waals surface area contributed by atoms with Crippen LogP contribution in [0.1, 0.15) is 25.0 Å². The third-order valence-electron chi connectivity index (χ3n) is 5.63. The average Bonchev–Trinajstić information content (AvgIpc) is 2.84. The third kappa shape index (κ3) is 3.99. The predicted octanol–water partition coefficient (Wildman–Crippen LogP) is 5.23. The maximum atomic E-state index is 6.24. The number of nitrogens with zero attached hydrogens (tertiary/aromatic N) is 2. The summed E-state index contributed by atoms with van der Waals surface area (Å²) < 4.78 is 5.15. The molecule has 1 aliphatic rings. The van der Waals surface area contributed by atoms with Crippen LogP contribution in [-0.2, 0) is 10.2 Å². The zero-order valence-electron chi connectivity index (χ0n) is 16.9. The summed E-state index contributed by atoms with van der Waals surface area (Å²) in [7, 11) is 5.97. The van der Waals surface area contributed by atoms with Crippen LogP contribution >= 0.6 is 11.6 Å². The molecule has 0 saturated carbocycles. The number of likely N-dealkylation sites (N-methyl/N-ethyl adjacent to an activating group) is 2. The van der Waals surface area contributed by atoms with E-state index in [0.29, 0.717) is 0 Å². The quantitative estimate of drug-likeness (QED) is 0.678. The number of ether oxygens (including phenoxy) is 1. The van der Waals surface area contributed by atoms with Crippen LogP contribution in [0.4, 0.5) is 11.4 Å². The Morgan fingerprint density at radius 2 is 1.89 bits per heavy atom. The first-order valence-corrected chi connectivity index (χ1v) is 9.73. The van der Waals surface area contributed by atoms with Gasteiger partial charge in [0.15, 0.2) is 0 Å². The van der Waals surface area contributed by atoms with Gasteiger partial charge >= 0.3 is 0 Å². The van der Waals surface area contributed by atoms with E-state index in [4.69, 9.17) is 16.3 Å². The summed E-state index contributed by atoms with van der Waals surface area (Å²) in [5.41, 5.74) is 4.98. The maximum absolute atomic E-state index is 6.24. The second kappa shape index (κ2) is 7.95. The van der Waals surface area contributed by atoms with E-state index in [0.717, 1.165) is 18.2 Å². The highest BCUT2D eigenvalue weighted by Gasteiger charge is 2.41. The number of anilines is 2. The van der Waals surface area contributed by atoms with Gasteiger partial charge in [0.2, 0.25) is 0 Å². The van der Waals surface area contributed by atoms with Crippen molar-refractivity contribution in [1.82, 2.24) is 0 Å². The van der Waals surface area contributed by atoms with Gasteiger partial charge in [-0.2, -0.15) is 0 Å². The smallest absolute Gasteiger partial charge is 0.0637 e. The second-order valence-corrected chi connectivity index (χ2v) is 8.24. The van der Waals surface area contributed by atoms with Crippen molar-refractivity contribution in [2.75, 3.05) is 44.2 Å². The molecule has 0 aliphatic carbocycles. The summed E-state index contributed by atoms with van der Waals surface area (Å²) in [5, 5.41) is 0.799. The van der Waals surface area contributed by atoms with Crippen molar-refractivity contribution >= 4 is 29.1 Å². The molecule has 0 aromatic heterocycles. The molecule has 0 bridgehead atoms. The van der Waals surface area contributed by atoms with Gasteiger partial charge < -0.3 is 14.5 Å². The first-order chi connectivity index (χ1) is 12.8. The summed E-state index contributed by atoms with van der Waals surface area (Å²) in [6.45, 7) is 6.18. The Balaban J connectivity index is 1.76. The van der Waals surface area contributed by atoms with E-state index >= 15 is 0 Å². The fourth-order valence-corrected chi connectivity index (χ4v) is 4.07. The molecule has 1 atom stereocenters. The Morgan fingerprint density at radius 1 is 1.19 bits per heavy atom. The predicted molar refractivity (Wildman–Crippen MR) is 117 cm³/mol. The molecule has 0 radical (unpaired) electrons. The molecule has 2 aromatic rings. The monoisotopic (exact) mass is 384 g/mol. The van der Waals surface area contributed by atoms with Gasteiger partial charge in [-0.1, -0.05) is 49.7 Å². The zero-order valence-corrected chi connectivity index (χ0v) is 17.6. The molecule has 3 nitrogen and oxygen atoms in total. The SMILES string of the molecule is COCCN(C)c1ccc(/C=C/C2N(C)c3ccc(Cl)cc3C2(C)C)cc1. The number of fused-ring (bicyclic) bond motifs is 1. The largest absolute Gasteiger partial charge is 0.383 e. The molecule has 4 heteroatoms. The van der Waals surface area contributed by atoms with Crippen molar-refractivity contribution in [3.63, 3.8) is 0 Å². The Bertz CT molecular complexity index is 814. The highest BCUT2D eigenvalue weighted by Crippen LogP contribution is 2.45. The number of hydrogen-bond donors (Lipinski definition) is 0. The Kier molecular flexibility index (Phi) is 5.83. The molecule has 2 aromatic carbocycles. The standard InChI is InChI=1S/C23H29ClN2O/c1-23(2)20-16-18(24)9-12-21(20)26(4)22(23)13-8-17-6-10-19(11-7-17)25(3)14-15-27-5/h6-13,16,22H,14-15H2,1-5H3/b13-8+. The van der Waals surface area contributed by atoms with Gasteiger partial charge in [-0.15, -0.1) is 0 Å². The van der Waals surface area contributed by atoms with Gasteiger partial charge in [-0.05, 0) is 41.5 Å². The lowest BCUT2D eigenvalue weighted by atomic mass is 9.80. The van der Waals surface area contributed by atoms with E-state index in [2.05, 4.69) is 86.3 Å². The van der Waals surface area contributed by atoms with Gasteiger partial charge in [0.05, 0.1) is 12.6 Å². The minimum absolute atomic E-state index is 0.00575. The highest BCUT2D eigenvalue weighted by atomic mass is 35.5. The van der Waals surface area contributed by atoms with E-state index in [1.54, 1.807) is 7.11 Å². The molecule has 0 saturated heterocycles. The third-order valence-corrected chi connectivity index (χ3v) is 5.86. The molecule has 0 amide bonds. The summed E-state index contributed by atoms with van der Waals surface area (Å²) in [6.07, 6.45) is 4.52. The molecule has 27 heavy (non-hydrogen) atoms. The van der Waals surface area contributed by atoms with Crippen molar-refractivity contribution in [2.24, 2.45) is 0 Å². The van der Waals surface area contributed by atoms with Crippen LogP contribution < -0.4 is 9.80 Å². The first kappa shape index (κ1) is 19.8. The van der Waals surface area contributed by atoms with Crippen LogP contribution in [0.5, 0.6) is 0 Å². The fourth-order valence-electron chi connectivity index (χ4n) is 3.89. The molecule has 1 unspecified atom stereocenters. The van der Waals surface area contributed by atoms with E-state index in [-0.39, 0.29) is 11.5 Å². The van der Waals surface area contributed by atoms with Gasteiger partial charge in [0.25, 0.3) is 0 Å². The number of rotatable bonds is 6. The maximum Gasteiger partial charge on any atom is 0.0637 e. The molecular formula is C23H29ClN2O. The minimum Gasteiger partial charge on any atom is -0.383 e. The topological polar surface area (TPSA) is 15.7 Å². The normalized spacial score (nSPS) is 18.1. The summed E-state index contributed by atoms with van der Waals surface area (Å²) >= 11 is 6.24. The minimum atomic E-state index is 0.00575. The summed E-state index contributed by atoms with van der Waals surface area (Å²) in [6, 6.07) is 15.1. The molecule has 3 rings (SSSR count). The molecule has 144 valence electrons. The van der Waals surface area contributed by atoms with Gasteiger partial charge in [0.1, 0.15) is 0 Å². The number of halogens is 1. The summed E-state index contributed by atoms with van der Waals surface area (Å²) in [5.74, 6) is 0. The van der Waals surface area contributed by atoms with Crippen LogP contribution in [-0.4, -0.2) is 40.4 Å². The van der Waals surface area contributed by atoms with Crippen LogP contribution in [0, 0.1) is 0 Å². The fraction of sp³-hybridized carbons (Fsp3) is 0.391. The zero-order chi connectivity index (χ0) is 19.6. The Morgan fingerprint density at radius 3 is 2.56 bits per heavy atom. The molecule has 1 aliphatic heterocycles. The van der Waals surface area contributed by atoms with Crippen LogP contribution in [0.3, 0.4) is 0 Å². The molecular weight excluding hydrogens is 356 g/mol. The van der Waals surface area contributed by atoms with Crippen molar-refractivity contribution in [1.29, 1.82) is 0 Å². The lowest BCUT2D eigenvalue weighted by molar-refractivity contribution is 0.206. The first-order valence-electron chi connectivity index (χ1n) is 9.36. The summed E-state index contributed by atoms with van der Waals surface area (Å²) in [4.78, 5) is 4.54. The number of hydrogen-bond acceptors (Lipinski definition) is 3. The number of benzene rings is 2. The van der Waals surface area contributed by atoms with E-state index < -0.39 is 0 Å². The van der Waals surface area contributed by atoms with E-state index in [1.807, 2.05) is 6.07 Å². The van der Waals surface area contributed by atoms with Crippen molar-refractivity contribution in [3.05, 3.63) is 64.7 Å². The molecule has 0 fully saturated rings. The van der Waals surface area contributed by atoms with Crippen molar-refractivity contribution in [3.8, 4) is 0 Å². The molecule has 0 N–H and O–H groups in total. The van der Waals surface area contributed by atoms with Gasteiger partial charge in [-0.25, -0.2) is 0 Å². The molecule has 0 spiro atoms. The Hall–Kier alpha value is -1.97. The van der Waals surface area contributed by atoms with Crippen LogP contribution in [0.2, 0.25) is 5.02 Å². The van der Waals surface area contributed by atoms with E-state index in [9.17, 15) is 0 Å². The van der Waals surface area contributed by atoms with Crippen LogP contribution in [0.25, 0.3) is 6.08 Å². The van der Waals surface area contributed by atoms with Crippen molar-refractivity contribution < 1.29 is 4.74 Å². The van der Waals surface area contributed by atoms with Crippen molar-refractivity contribution in [2.45, 2.75) is 25.3 Å². The Labute approximate surface area is 168 Å².